The first-order valence-corrected chi connectivity index (χ1v) is 26.1. The molecule has 2 aliphatic carbocycles. The Morgan fingerprint density at radius 2 is 1.06 bits per heavy atom. The summed E-state index contributed by atoms with van der Waals surface area (Å²) in [5.74, 6) is 0. The SMILES string of the molecule is Cc1cc2c(cc1N1c3cc4c(oc5ccccc54)c4c3B(c3oc5cc6c(cc5c31)C(C)(C)CCC6(C)C)N(c1ccc(C(C)(C)C)cc1)c1cc3oc5ccccc5c3cc1-4)C(C)(C)CCC2(C)C. The molecular weight excluding hydrogens is 868 g/mol. The molecule has 71 heavy (non-hydrogen) atoms. The molecule has 0 spiro atoms. The fraction of sp³-hybridized carbons (Fsp3) is 0.323. The zero-order chi connectivity index (χ0) is 49.1. The van der Waals surface area contributed by atoms with Gasteiger partial charge in [-0.15, -0.1) is 0 Å². The molecule has 14 rings (SSSR count). The molecule has 0 N–H and O–H groups in total. The van der Waals surface area contributed by atoms with E-state index in [-0.39, 0.29) is 33.9 Å². The van der Waals surface area contributed by atoms with Crippen molar-refractivity contribution in [2.45, 2.75) is 136 Å². The van der Waals surface area contributed by atoms with Crippen molar-refractivity contribution in [1.29, 1.82) is 0 Å². The number of aryl methyl sites for hydroxylation is 1. The number of rotatable bonds is 2. The van der Waals surface area contributed by atoms with Crippen molar-refractivity contribution in [2.75, 3.05) is 9.71 Å². The van der Waals surface area contributed by atoms with Crippen LogP contribution in [0, 0.1) is 6.92 Å². The molecule has 7 aromatic carbocycles. The van der Waals surface area contributed by atoms with Crippen LogP contribution in [0.4, 0.5) is 28.4 Å². The minimum Gasteiger partial charge on any atom is -0.466 e. The van der Waals surface area contributed by atoms with Gasteiger partial charge >= 0.3 is 6.85 Å². The van der Waals surface area contributed by atoms with Gasteiger partial charge < -0.3 is 23.0 Å². The highest BCUT2D eigenvalue weighted by Gasteiger charge is 2.51. The minimum atomic E-state index is -0.363. The van der Waals surface area contributed by atoms with E-state index in [9.17, 15) is 0 Å². The Morgan fingerprint density at radius 3 is 1.70 bits per heavy atom. The zero-order valence-electron chi connectivity index (χ0n) is 43.5. The highest BCUT2D eigenvalue weighted by atomic mass is 16.3. The van der Waals surface area contributed by atoms with Crippen molar-refractivity contribution in [3.8, 4) is 11.1 Å². The predicted molar refractivity (Wildman–Crippen MR) is 299 cm³/mol. The first-order valence-electron chi connectivity index (χ1n) is 26.1. The molecule has 354 valence electrons. The smallest absolute Gasteiger partial charge is 0.376 e. The monoisotopic (exact) mass is 930 g/mol. The van der Waals surface area contributed by atoms with Crippen molar-refractivity contribution in [3.63, 3.8) is 0 Å². The molecule has 6 heteroatoms. The first-order chi connectivity index (χ1) is 33.7. The van der Waals surface area contributed by atoms with Crippen molar-refractivity contribution in [3.05, 3.63) is 149 Å². The molecule has 0 amide bonds. The van der Waals surface area contributed by atoms with E-state index in [1.807, 2.05) is 0 Å². The average molecular weight is 931 g/mol. The topological polar surface area (TPSA) is 45.9 Å². The van der Waals surface area contributed by atoms with Crippen molar-refractivity contribution in [2.24, 2.45) is 0 Å². The lowest BCUT2D eigenvalue weighted by Gasteiger charge is -2.45. The summed E-state index contributed by atoms with van der Waals surface area (Å²) < 4.78 is 21.8. The molecule has 0 unspecified atom stereocenters. The number of fused-ring (bicyclic) bond motifs is 15. The lowest BCUT2D eigenvalue weighted by atomic mass is 9.45. The predicted octanol–water partition coefficient (Wildman–Crippen LogP) is 17.2. The van der Waals surface area contributed by atoms with Crippen LogP contribution in [-0.4, -0.2) is 6.85 Å². The second kappa shape index (κ2) is 13.8. The van der Waals surface area contributed by atoms with Gasteiger partial charge in [-0.05, 0) is 153 Å². The Balaban J connectivity index is 1.18. The number of para-hydroxylation sites is 2. The van der Waals surface area contributed by atoms with Crippen LogP contribution >= 0.6 is 0 Å². The Kier molecular flexibility index (Phi) is 8.42. The van der Waals surface area contributed by atoms with Gasteiger partial charge in [-0.1, -0.05) is 131 Å². The Hall–Kier alpha value is -6.66. The lowest BCUT2D eigenvalue weighted by Crippen LogP contribution is -2.61. The first kappa shape index (κ1) is 43.2. The van der Waals surface area contributed by atoms with Crippen LogP contribution in [0.25, 0.3) is 66.0 Å². The van der Waals surface area contributed by atoms with Crippen molar-refractivity contribution in [1.82, 2.24) is 0 Å². The van der Waals surface area contributed by atoms with Crippen molar-refractivity contribution >= 4 is 101 Å². The highest BCUT2D eigenvalue weighted by Crippen LogP contribution is 2.57. The molecule has 0 saturated heterocycles. The molecule has 0 fully saturated rings. The number of furan rings is 3. The molecule has 5 nitrogen and oxygen atoms in total. The van der Waals surface area contributed by atoms with Gasteiger partial charge in [0, 0.05) is 66.9 Å². The summed E-state index contributed by atoms with van der Waals surface area (Å²) in [4.78, 5) is 5.20. The summed E-state index contributed by atoms with van der Waals surface area (Å²) >= 11 is 0. The summed E-state index contributed by atoms with van der Waals surface area (Å²) in [5.41, 5.74) is 22.8. The number of anilines is 5. The van der Waals surface area contributed by atoms with E-state index in [2.05, 4.69) is 208 Å². The molecule has 10 aromatic rings. The van der Waals surface area contributed by atoms with E-state index in [0.717, 1.165) is 120 Å². The Bertz CT molecular complexity index is 3960. The van der Waals surface area contributed by atoms with E-state index in [4.69, 9.17) is 13.3 Å². The van der Waals surface area contributed by atoms with Crippen LogP contribution in [0.2, 0.25) is 0 Å². The van der Waals surface area contributed by atoms with Crippen LogP contribution in [0.3, 0.4) is 0 Å². The van der Waals surface area contributed by atoms with Crippen LogP contribution in [-0.2, 0) is 27.1 Å². The van der Waals surface area contributed by atoms with Gasteiger partial charge in [0.2, 0.25) is 0 Å². The lowest BCUT2D eigenvalue weighted by molar-refractivity contribution is 0.332. The largest absolute Gasteiger partial charge is 0.466 e. The zero-order valence-corrected chi connectivity index (χ0v) is 43.5. The summed E-state index contributed by atoms with van der Waals surface area (Å²) in [6, 6.07) is 43.5. The summed E-state index contributed by atoms with van der Waals surface area (Å²) in [7, 11) is 0. The maximum absolute atomic E-state index is 7.76. The summed E-state index contributed by atoms with van der Waals surface area (Å²) in [6.07, 6.45) is 4.55. The van der Waals surface area contributed by atoms with Crippen LogP contribution in [0.5, 0.6) is 0 Å². The standard InChI is InChI=1S/C65H63BN2O3/c1-36-29-45-47(64(9,10)27-25-62(45,5)6)33-49(36)67-51-32-42-40-18-14-16-20-53(40)70-59(42)56-43-30-41-39-17-13-15-19-52(39)69-55(41)35-50(43)68(38-23-21-37(22-24-38)61(2,3)4)66(57(51)56)60-58(67)44-31-46-48(34-54(44)71-60)65(11,12)28-26-63(46,7)8/h13-24,29-35H,25-28H2,1-12H3. The van der Waals surface area contributed by atoms with Gasteiger partial charge in [0.15, 0.2) is 0 Å². The third kappa shape index (κ3) is 5.88. The van der Waals surface area contributed by atoms with E-state index < -0.39 is 0 Å². The Labute approximate surface area is 417 Å². The maximum atomic E-state index is 7.76. The molecular formula is C65H63BN2O3. The molecule has 0 radical (unpaired) electrons. The number of hydrogen-bond donors (Lipinski definition) is 0. The Morgan fingerprint density at radius 1 is 0.493 bits per heavy atom. The summed E-state index contributed by atoms with van der Waals surface area (Å²) in [5, 5.41) is 5.57. The van der Waals surface area contributed by atoms with Gasteiger partial charge in [-0.2, -0.15) is 0 Å². The van der Waals surface area contributed by atoms with Gasteiger partial charge in [0.25, 0.3) is 0 Å². The molecule has 5 heterocycles. The number of hydrogen-bond acceptors (Lipinski definition) is 5. The number of nitrogens with zero attached hydrogens (tertiary/aromatic N) is 2. The van der Waals surface area contributed by atoms with Crippen LogP contribution < -0.4 is 20.8 Å². The van der Waals surface area contributed by atoms with Gasteiger partial charge in [0.05, 0.1) is 5.69 Å². The molecule has 2 aliphatic heterocycles. The van der Waals surface area contributed by atoms with Gasteiger partial charge in [-0.3, -0.25) is 0 Å². The van der Waals surface area contributed by atoms with Crippen LogP contribution in [0.15, 0.2) is 129 Å². The quantitative estimate of drug-likeness (QED) is 0.162. The highest BCUT2D eigenvalue weighted by molar-refractivity contribution is 6.93. The van der Waals surface area contributed by atoms with Gasteiger partial charge in [0.1, 0.15) is 33.6 Å². The fourth-order valence-electron chi connectivity index (χ4n) is 13.6. The molecule has 3 aromatic heterocycles. The molecule has 0 saturated carbocycles. The fourth-order valence-corrected chi connectivity index (χ4v) is 13.6. The van der Waals surface area contributed by atoms with E-state index in [0.29, 0.717) is 0 Å². The second-order valence-electron chi connectivity index (χ2n) is 25.5. The average Bonchev–Trinajstić information content (AvgIpc) is 4.02. The second-order valence-corrected chi connectivity index (χ2v) is 25.5. The maximum Gasteiger partial charge on any atom is 0.376 e. The third-order valence-corrected chi connectivity index (χ3v) is 18.0. The molecule has 0 atom stereocenters. The van der Waals surface area contributed by atoms with Crippen LogP contribution in [0.1, 0.15) is 135 Å². The van der Waals surface area contributed by atoms with Gasteiger partial charge in [-0.25, -0.2) is 0 Å². The van der Waals surface area contributed by atoms with Crippen molar-refractivity contribution < 1.29 is 13.3 Å². The van der Waals surface area contributed by atoms with E-state index in [1.165, 1.54) is 44.5 Å². The van der Waals surface area contributed by atoms with E-state index in [1.54, 1.807) is 0 Å². The molecule has 0 bridgehead atoms. The summed E-state index contributed by atoms with van der Waals surface area (Å²) in [6.45, 7) is 28.4. The molecule has 4 aliphatic rings. The minimum absolute atomic E-state index is 0.000557. The van der Waals surface area contributed by atoms with E-state index >= 15 is 0 Å². The normalized spacial score (nSPS) is 18.3. The number of benzene rings is 7. The third-order valence-electron chi connectivity index (χ3n) is 18.0.